The molecule has 0 fully saturated rings. The van der Waals surface area contributed by atoms with Crippen molar-refractivity contribution in [2.75, 3.05) is 6.54 Å². The van der Waals surface area contributed by atoms with Crippen LogP contribution in [0.25, 0.3) is 0 Å². The van der Waals surface area contributed by atoms with Crippen molar-refractivity contribution in [2.45, 2.75) is 20.3 Å². The fraction of sp³-hybridized carbons (Fsp3) is 0.583. The summed E-state index contributed by atoms with van der Waals surface area (Å²) in [5.41, 5.74) is 6.67. The van der Waals surface area contributed by atoms with Crippen LogP contribution in [0.15, 0.2) is 24.3 Å². The van der Waals surface area contributed by atoms with Crippen LogP contribution in [0.2, 0.25) is 0 Å². The molecule has 0 aromatic carbocycles. The molecule has 2 unspecified atom stereocenters. The van der Waals surface area contributed by atoms with Crippen LogP contribution in [0.3, 0.4) is 0 Å². The SMILES string of the molecule is C=C1C(C=O)C=CC(C)(C)C1CCN. The lowest BCUT2D eigenvalue weighted by Crippen LogP contribution is -2.32. The summed E-state index contributed by atoms with van der Waals surface area (Å²) < 4.78 is 0. The highest BCUT2D eigenvalue weighted by Crippen LogP contribution is 2.42. The monoisotopic (exact) mass is 193 g/mol. The van der Waals surface area contributed by atoms with Crippen molar-refractivity contribution in [1.82, 2.24) is 0 Å². The molecule has 2 N–H and O–H groups in total. The summed E-state index contributed by atoms with van der Waals surface area (Å²) in [6.07, 6.45) is 5.92. The maximum Gasteiger partial charge on any atom is 0.130 e. The van der Waals surface area contributed by atoms with Crippen LogP contribution in [0, 0.1) is 17.3 Å². The molecule has 1 aliphatic rings. The van der Waals surface area contributed by atoms with E-state index < -0.39 is 0 Å². The Kier molecular flexibility index (Phi) is 3.27. The number of aldehydes is 1. The van der Waals surface area contributed by atoms with Gasteiger partial charge in [-0.25, -0.2) is 0 Å². The minimum absolute atomic E-state index is 0.0793. The Morgan fingerprint density at radius 3 is 2.79 bits per heavy atom. The van der Waals surface area contributed by atoms with Crippen LogP contribution in [-0.4, -0.2) is 12.8 Å². The van der Waals surface area contributed by atoms with E-state index in [-0.39, 0.29) is 11.3 Å². The predicted octanol–water partition coefficient (Wildman–Crippen LogP) is 1.92. The van der Waals surface area contributed by atoms with Crippen molar-refractivity contribution in [2.24, 2.45) is 23.0 Å². The van der Waals surface area contributed by atoms with Crippen LogP contribution < -0.4 is 5.73 Å². The number of allylic oxidation sites excluding steroid dienone is 3. The van der Waals surface area contributed by atoms with Gasteiger partial charge in [-0.15, -0.1) is 0 Å². The number of hydrogen-bond donors (Lipinski definition) is 1. The topological polar surface area (TPSA) is 43.1 Å². The molecule has 2 atom stereocenters. The van der Waals surface area contributed by atoms with E-state index in [1.165, 1.54) is 0 Å². The molecule has 0 aromatic rings. The minimum atomic E-state index is -0.112. The van der Waals surface area contributed by atoms with Gasteiger partial charge < -0.3 is 10.5 Å². The Balaban J connectivity index is 2.94. The van der Waals surface area contributed by atoms with Gasteiger partial charge >= 0.3 is 0 Å². The van der Waals surface area contributed by atoms with E-state index in [4.69, 9.17) is 5.73 Å². The average Bonchev–Trinajstić information content (AvgIpc) is 2.12. The molecule has 2 heteroatoms. The van der Waals surface area contributed by atoms with E-state index in [2.05, 4.69) is 26.5 Å². The Labute approximate surface area is 85.9 Å². The number of rotatable bonds is 3. The molecular weight excluding hydrogens is 174 g/mol. The van der Waals surface area contributed by atoms with Crippen LogP contribution in [0.4, 0.5) is 0 Å². The molecule has 14 heavy (non-hydrogen) atoms. The quantitative estimate of drug-likeness (QED) is 0.549. The van der Waals surface area contributed by atoms with Crippen molar-refractivity contribution in [3.05, 3.63) is 24.3 Å². The van der Waals surface area contributed by atoms with Gasteiger partial charge in [0.1, 0.15) is 6.29 Å². The second-order valence-corrected chi connectivity index (χ2v) is 4.55. The molecule has 1 aliphatic carbocycles. The number of nitrogens with two attached hydrogens (primary N) is 1. The average molecular weight is 193 g/mol. The largest absolute Gasteiger partial charge is 0.330 e. The molecule has 0 radical (unpaired) electrons. The Morgan fingerprint density at radius 2 is 2.29 bits per heavy atom. The van der Waals surface area contributed by atoms with Crippen molar-refractivity contribution in [1.29, 1.82) is 0 Å². The molecule has 0 saturated carbocycles. The first-order chi connectivity index (χ1) is 6.53. The molecule has 0 bridgehead atoms. The summed E-state index contributed by atoms with van der Waals surface area (Å²) in [5.74, 6) is 0.215. The van der Waals surface area contributed by atoms with Gasteiger partial charge in [-0.3, -0.25) is 0 Å². The fourth-order valence-electron chi connectivity index (χ4n) is 2.16. The third-order valence-corrected chi connectivity index (χ3v) is 3.11. The molecule has 0 aromatic heterocycles. The summed E-state index contributed by atoms with van der Waals surface area (Å²) in [7, 11) is 0. The summed E-state index contributed by atoms with van der Waals surface area (Å²) in [5, 5.41) is 0. The first kappa shape index (κ1) is 11.2. The van der Waals surface area contributed by atoms with Crippen LogP contribution in [0.1, 0.15) is 20.3 Å². The molecule has 0 saturated heterocycles. The summed E-state index contributed by atoms with van der Waals surface area (Å²) in [6, 6.07) is 0. The highest BCUT2D eigenvalue weighted by molar-refractivity contribution is 5.63. The maximum atomic E-state index is 10.8. The molecule has 0 heterocycles. The molecule has 0 spiro atoms. The Hall–Kier alpha value is -0.890. The number of carbonyl (C=O) groups is 1. The van der Waals surface area contributed by atoms with Crippen LogP contribution in [-0.2, 0) is 4.79 Å². The van der Waals surface area contributed by atoms with Gasteiger partial charge in [-0.2, -0.15) is 0 Å². The van der Waals surface area contributed by atoms with E-state index in [0.717, 1.165) is 18.3 Å². The Morgan fingerprint density at radius 1 is 1.64 bits per heavy atom. The maximum absolute atomic E-state index is 10.8. The van der Waals surface area contributed by atoms with E-state index >= 15 is 0 Å². The van der Waals surface area contributed by atoms with E-state index in [1.54, 1.807) is 0 Å². The van der Waals surface area contributed by atoms with Gasteiger partial charge in [0.2, 0.25) is 0 Å². The van der Waals surface area contributed by atoms with E-state index in [1.807, 2.05) is 6.08 Å². The zero-order chi connectivity index (χ0) is 10.8. The van der Waals surface area contributed by atoms with Gasteiger partial charge in [-0.1, -0.05) is 38.2 Å². The van der Waals surface area contributed by atoms with Gasteiger partial charge in [0.15, 0.2) is 0 Å². The van der Waals surface area contributed by atoms with Crippen molar-refractivity contribution < 1.29 is 4.79 Å². The highest BCUT2D eigenvalue weighted by atomic mass is 16.1. The van der Waals surface area contributed by atoms with Gasteiger partial charge in [0.05, 0.1) is 5.92 Å². The molecule has 78 valence electrons. The lowest BCUT2D eigenvalue weighted by Gasteiger charge is -2.38. The van der Waals surface area contributed by atoms with Crippen LogP contribution in [0.5, 0.6) is 0 Å². The second-order valence-electron chi connectivity index (χ2n) is 4.55. The molecule has 0 amide bonds. The number of hydrogen-bond acceptors (Lipinski definition) is 2. The smallest absolute Gasteiger partial charge is 0.130 e. The zero-order valence-electron chi connectivity index (χ0n) is 8.99. The zero-order valence-corrected chi connectivity index (χ0v) is 8.99. The first-order valence-electron chi connectivity index (χ1n) is 5.06. The standard InChI is InChI=1S/C12H19NO/c1-9-10(8-14)4-6-12(2,3)11(9)5-7-13/h4,6,8,10-11H,1,5,7,13H2,2-3H3. The molecule has 0 aliphatic heterocycles. The van der Waals surface area contributed by atoms with E-state index in [9.17, 15) is 4.79 Å². The number of carbonyl (C=O) groups excluding carboxylic acids is 1. The minimum Gasteiger partial charge on any atom is -0.330 e. The highest BCUT2D eigenvalue weighted by Gasteiger charge is 2.34. The normalized spacial score (nSPS) is 30.4. The van der Waals surface area contributed by atoms with Gasteiger partial charge in [-0.05, 0) is 24.3 Å². The second kappa shape index (κ2) is 4.09. The van der Waals surface area contributed by atoms with Crippen LogP contribution >= 0.6 is 0 Å². The summed E-state index contributed by atoms with van der Waals surface area (Å²) in [6.45, 7) is 8.99. The third-order valence-electron chi connectivity index (χ3n) is 3.11. The molecular formula is C12H19NO. The molecule has 2 nitrogen and oxygen atoms in total. The van der Waals surface area contributed by atoms with Gasteiger partial charge in [0.25, 0.3) is 0 Å². The van der Waals surface area contributed by atoms with E-state index in [0.29, 0.717) is 12.5 Å². The van der Waals surface area contributed by atoms with Crippen molar-refractivity contribution >= 4 is 6.29 Å². The van der Waals surface area contributed by atoms with Crippen molar-refractivity contribution in [3.8, 4) is 0 Å². The summed E-state index contributed by atoms with van der Waals surface area (Å²) >= 11 is 0. The first-order valence-corrected chi connectivity index (χ1v) is 5.06. The third kappa shape index (κ3) is 1.95. The Bertz CT molecular complexity index is 265. The lowest BCUT2D eigenvalue weighted by atomic mass is 9.66. The van der Waals surface area contributed by atoms with Gasteiger partial charge in [0, 0.05) is 0 Å². The lowest BCUT2D eigenvalue weighted by molar-refractivity contribution is -0.109. The molecule has 1 rings (SSSR count). The van der Waals surface area contributed by atoms with Crippen molar-refractivity contribution in [3.63, 3.8) is 0 Å². The predicted molar refractivity (Wildman–Crippen MR) is 58.8 cm³/mol. The summed E-state index contributed by atoms with van der Waals surface area (Å²) in [4.78, 5) is 10.8. The fourth-order valence-corrected chi connectivity index (χ4v) is 2.16.